The third-order valence-electron chi connectivity index (χ3n) is 2.77. The molecular weight excluding hydrogens is 186 g/mol. The molecule has 0 aromatic heterocycles. The van der Waals surface area contributed by atoms with Gasteiger partial charge in [-0.05, 0) is 33.3 Å². The lowest BCUT2D eigenvalue weighted by molar-refractivity contribution is -0.896. The molecule has 0 radical (unpaired) electrons. The monoisotopic (exact) mass is 210 g/mol. The second kappa shape index (κ2) is 6.43. The van der Waals surface area contributed by atoms with Crippen LogP contribution in [-0.2, 0) is 0 Å². The molecule has 2 atom stereocenters. The molecule has 0 aromatic carbocycles. The lowest BCUT2D eigenvalue weighted by Crippen LogP contribution is -3.19. The van der Waals surface area contributed by atoms with Crippen LogP contribution in [0.1, 0.15) is 34.1 Å². The number of quaternary nitrogens is 1. The summed E-state index contributed by atoms with van der Waals surface area (Å²) in [4.78, 5) is 0. The van der Waals surface area contributed by atoms with E-state index in [2.05, 4.69) is 20.4 Å². The van der Waals surface area contributed by atoms with Crippen LogP contribution in [0.2, 0.25) is 0 Å². The standard InChI is InChI=1S/C12H23N3/c1-6-9(4)12(11(13)8-3)15(14)10(5)7-2/h6,8,10H,3,7,13-14H2,1-2,4-5H3/p+1. The molecule has 0 fully saturated rings. The zero-order valence-electron chi connectivity index (χ0n) is 10.3. The Morgan fingerprint density at radius 1 is 1.53 bits per heavy atom. The highest BCUT2D eigenvalue weighted by molar-refractivity contribution is 5.30. The number of nitrogens with two attached hydrogens (primary N) is 2. The molecule has 0 saturated heterocycles. The van der Waals surface area contributed by atoms with Gasteiger partial charge in [-0.1, -0.05) is 19.6 Å². The van der Waals surface area contributed by atoms with Crippen molar-refractivity contribution in [3.05, 3.63) is 35.7 Å². The maximum absolute atomic E-state index is 6.12. The van der Waals surface area contributed by atoms with E-state index in [4.69, 9.17) is 11.6 Å². The van der Waals surface area contributed by atoms with Crippen LogP contribution in [0.15, 0.2) is 35.7 Å². The van der Waals surface area contributed by atoms with Gasteiger partial charge in [0.25, 0.3) is 0 Å². The van der Waals surface area contributed by atoms with Crippen molar-refractivity contribution in [3.8, 4) is 0 Å². The van der Waals surface area contributed by atoms with E-state index in [0.717, 1.165) is 22.7 Å². The third-order valence-corrected chi connectivity index (χ3v) is 2.77. The fourth-order valence-electron chi connectivity index (χ4n) is 1.33. The third kappa shape index (κ3) is 3.53. The van der Waals surface area contributed by atoms with Crippen LogP contribution in [-0.4, -0.2) is 6.04 Å². The molecule has 0 bridgehead atoms. The average molecular weight is 210 g/mol. The number of hydrogen-bond acceptors (Lipinski definition) is 2. The van der Waals surface area contributed by atoms with Crippen molar-refractivity contribution < 1.29 is 5.01 Å². The smallest absolute Gasteiger partial charge is 0.176 e. The van der Waals surface area contributed by atoms with Gasteiger partial charge in [0.05, 0.1) is 5.70 Å². The van der Waals surface area contributed by atoms with Crippen LogP contribution >= 0.6 is 0 Å². The minimum Gasteiger partial charge on any atom is -0.394 e. The molecule has 0 aliphatic carbocycles. The fraction of sp³-hybridized carbons (Fsp3) is 0.500. The second-order valence-corrected chi connectivity index (χ2v) is 3.77. The molecule has 0 aromatic rings. The van der Waals surface area contributed by atoms with Gasteiger partial charge in [-0.3, -0.25) is 0 Å². The summed E-state index contributed by atoms with van der Waals surface area (Å²) >= 11 is 0. The topological polar surface area (TPSA) is 56.5 Å². The van der Waals surface area contributed by atoms with Crippen molar-refractivity contribution in [1.82, 2.24) is 0 Å². The molecule has 0 amide bonds. The number of hydrogen-bond donors (Lipinski definition) is 3. The van der Waals surface area contributed by atoms with Crippen LogP contribution in [0.25, 0.3) is 0 Å². The molecule has 5 N–H and O–H groups in total. The highest BCUT2D eigenvalue weighted by Gasteiger charge is 2.21. The van der Waals surface area contributed by atoms with E-state index in [1.807, 2.05) is 19.9 Å². The van der Waals surface area contributed by atoms with E-state index in [9.17, 15) is 0 Å². The quantitative estimate of drug-likeness (QED) is 0.358. The first-order chi connectivity index (χ1) is 6.99. The summed E-state index contributed by atoms with van der Waals surface area (Å²) in [5.41, 5.74) is 8.61. The first-order valence-electron chi connectivity index (χ1n) is 5.37. The highest BCUT2D eigenvalue weighted by atomic mass is 15.4. The molecule has 0 spiro atoms. The van der Waals surface area contributed by atoms with E-state index in [-0.39, 0.29) is 0 Å². The Hall–Kier alpha value is -1.06. The summed E-state index contributed by atoms with van der Waals surface area (Å²) in [5, 5.41) is 0.852. The Kier molecular flexibility index (Phi) is 5.97. The van der Waals surface area contributed by atoms with Gasteiger partial charge in [0, 0.05) is 5.57 Å². The fourth-order valence-corrected chi connectivity index (χ4v) is 1.33. The van der Waals surface area contributed by atoms with E-state index in [1.165, 1.54) is 0 Å². The van der Waals surface area contributed by atoms with Gasteiger partial charge in [0.2, 0.25) is 0 Å². The van der Waals surface area contributed by atoms with Crippen LogP contribution in [0, 0.1) is 0 Å². The molecular formula is C12H24N3+. The van der Waals surface area contributed by atoms with Gasteiger partial charge in [0.15, 0.2) is 5.70 Å². The van der Waals surface area contributed by atoms with E-state index in [0.29, 0.717) is 11.7 Å². The number of rotatable bonds is 5. The number of nitrogens with one attached hydrogen (secondary N) is 1. The molecule has 3 nitrogen and oxygen atoms in total. The van der Waals surface area contributed by atoms with Crippen molar-refractivity contribution in [2.24, 2.45) is 11.6 Å². The minimum atomic E-state index is 0.341. The van der Waals surface area contributed by atoms with Crippen LogP contribution in [0.3, 0.4) is 0 Å². The Balaban J connectivity index is 5.23. The lowest BCUT2D eigenvalue weighted by Gasteiger charge is -2.22. The predicted molar refractivity (Wildman–Crippen MR) is 65.7 cm³/mol. The van der Waals surface area contributed by atoms with Crippen molar-refractivity contribution in [3.63, 3.8) is 0 Å². The molecule has 0 aliphatic rings. The predicted octanol–water partition coefficient (Wildman–Crippen LogP) is 0.866. The molecule has 2 unspecified atom stereocenters. The Bertz CT molecular complexity index is 277. The van der Waals surface area contributed by atoms with Gasteiger partial charge in [-0.25, -0.2) is 5.01 Å². The summed E-state index contributed by atoms with van der Waals surface area (Å²) < 4.78 is 0. The first-order valence-corrected chi connectivity index (χ1v) is 5.37. The minimum absolute atomic E-state index is 0.341. The Labute approximate surface area is 93.1 Å². The number of allylic oxidation sites excluding steroid dienone is 3. The van der Waals surface area contributed by atoms with Gasteiger partial charge in [0.1, 0.15) is 6.04 Å². The molecule has 86 valence electrons. The second-order valence-electron chi connectivity index (χ2n) is 3.77. The molecule has 0 saturated carbocycles. The van der Waals surface area contributed by atoms with Gasteiger partial charge in [-0.2, -0.15) is 5.84 Å². The normalized spacial score (nSPS) is 18.1. The summed E-state index contributed by atoms with van der Waals surface area (Å²) in [6, 6.07) is 0.341. The summed E-state index contributed by atoms with van der Waals surface area (Å²) in [5.74, 6) is 6.12. The molecule has 0 aliphatic heterocycles. The van der Waals surface area contributed by atoms with Gasteiger partial charge < -0.3 is 5.73 Å². The highest BCUT2D eigenvalue weighted by Crippen LogP contribution is 2.06. The molecule has 0 heterocycles. The zero-order valence-corrected chi connectivity index (χ0v) is 10.3. The molecule has 15 heavy (non-hydrogen) atoms. The summed E-state index contributed by atoms with van der Waals surface area (Å²) in [6.07, 6.45) is 4.68. The molecule has 0 rings (SSSR count). The first kappa shape index (κ1) is 13.9. The Morgan fingerprint density at radius 2 is 2.07 bits per heavy atom. The maximum atomic E-state index is 6.12. The zero-order chi connectivity index (χ0) is 12.0. The summed E-state index contributed by atoms with van der Waals surface area (Å²) in [7, 11) is 0. The van der Waals surface area contributed by atoms with Crippen molar-refractivity contribution in [2.45, 2.75) is 40.2 Å². The van der Waals surface area contributed by atoms with E-state index in [1.54, 1.807) is 6.08 Å². The summed E-state index contributed by atoms with van der Waals surface area (Å²) in [6.45, 7) is 11.9. The van der Waals surface area contributed by atoms with Crippen LogP contribution in [0.5, 0.6) is 0 Å². The van der Waals surface area contributed by atoms with Gasteiger partial charge in [-0.15, -0.1) is 0 Å². The maximum Gasteiger partial charge on any atom is 0.176 e. The van der Waals surface area contributed by atoms with E-state index < -0.39 is 0 Å². The average Bonchev–Trinajstić information content (AvgIpc) is 2.27. The van der Waals surface area contributed by atoms with Gasteiger partial charge >= 0.3 is 0 Å². The van der Waals surface area contributed by atoms with Crippen LogP contribution < -0.4 is 16.6 Å². The van der Waals surface area contributed by atoms with Crippen molar-refractivity contribution in [2.75, 3.05) is 0 Å². The lowest BCUT2D eigenvalue weighted by atomic mass is 10.1. The Morgan fingerprint density at radius 3 is 2.40 bits per heavy atom. The SMILES string of the molecule is C=CC(N)=C(C(C)=CC)[NH+](N)C(C)CC. The van der Waals surface area contributed by atoms with Crippen LogP contribution in [0.4, 0.5) is 0 Å². The van der Waals surface area contributed by atoms with Crippen molar-refractivity contribution in [1.29, 1.82) is 0 Å². The van der Waals surface area contributed by atoms with E-state index >= 15 is 0 Å². The van der Waals surface area contributed by atoms with Crippen molar-refractivity contribution >= 4 is 0 Å². The molecule has 3 heteroatoms. The largest absolute Gasteiger partial charge is 0.394 e.